The lowest BCUT2D eigenvalue weighted by Crippen LogP contribution is -2.45. The van der Waals surface area contributed by atoms with Gasteiger partial charge in [0.25, 0.3) is 0 Å². The third-order valence-corrected chi connectivity index (χ3v) is 2.95. The Hall–Kier alpha value is -1.38. The van der Waals surface area contributed by atoms with Crippen molar-refractivity contribution in [1.82, 2.24) is 5.32 Å². The van der Waals surface area contributed by atoms with Crippen LogP contribution in [0.25, 0.3) is 0 Å². The Kier molecular flexibility index (Phi) is 9.11. The molecule has 1 rings (SSSR count). The Bertz CT molecular complexity index is 528. The highest BCUT2D eigenvalue weighted by Gasteiger charge is 2.15. The summed E-state index contributed by atoms with van der Waals surface area (Å²) >= 11 is 0. The first-order chi connectivity index (χ1) is 10.3. The lowest BCUT2D eigenvalue weighted by Gasteiger charge is -2.21. The van der Waals surface area contributed by atoms with Crippen molar-refractivity contribution in [3.63, 3.8) is 0 Å². The van der Waals surface area contributed by atoms with Crippen LogP contribution < -0.4 is 25.3 Å². The van der Waals surface area contributed by atoms with Gasteiger partial charge in [0.1, 0.15) is 0 Å². The quantitative estimate of drug-likeness (QED) is 0.407. The highest BCUT2D eigenvalue weighted by Crippen LogP contribution is 2.39. The van der Waals surface area contributed by atoms with Crippen LogP contribution in [0.15, 0.2) is 17.1 Å². The van der Waals surface area contributed by atoms with Crippen LogP contribution in [0, 0.1) is 0 Å². The molecule has 0 aliphatic heterocycles. The van der Waals surface area contributed by atoms with Crippen LogP contribution in [0.4, 0.5) is 0 Å². The summed E-state index contributed by atoms with van der Waals surface area (Å²) in [6, 6.07) is 3.81. The molecule has 0 amide bonds. The Morgan fingerprint density at radius 2 is 1.70 bits per heavy atom. The molecule has 0 bridgehead atoms. The molecule has 1 aromatic carbocycles. The maximum atomic E-state index is 5.86. The molecule has 0 heterocycles. The van der Waals surface area contributed by atoms with Crippen LogP contribution in [0.5, 0.6) is 17.2 Å². The molecule has 0 spiro atoms. The number of hydrogen-bond donors (Lipinski definition) is 2. The lowest BCUT2D eigenvalue weighted by molar-refractivity contribution is 0.322. The van der Waals surface area contributed by atoms with Gasteiger partial charge in [0.05, 0.1) is 21.3 Å². The number of nitrogens with zero attached hydrogens (tertiary/aromatic N) is 1. The molecule has 0 radical (unpaired) electrons. The lowest BCUT2D eigenvalue weighted by atomic mass is 10.1. The van der Waals surface area contributed by atoms with Gasteiger partial charge in [-0.15, -0.1) is 24.0 Å². The second-order valence-corrected chi connectivity index (χ2v) is 5.89. The first-order valence-corrected chi connectivity index (χ1v) is 7.18. The van der Waals surface area contributed by atoms with Crippen LogP contribution in [0.2, 0.25) is 0 Å². The van der Waals surface area contributed by atoms with Crippen molar-refractivity contribution in [3.05, 3.63) is 17.7 Å². The number of benzene rings is 1. The van der Waals surface area contributed by atoms with E-state index in [-0.39, 0.29) is 29.5 Å². The number of aliphatic imine (C=N–C) groups is 1. The SMILES string of the molecule is COc1ccc(CCN=C(N)NC(C)(C)C)c(OC)c1OC.I. The zero-order valence-corrected chi connectivity index (χ0v) is 17.1. The van der Waals surface area contributed by atoms with Crippen LogP contribution in [0.3, 0.4) is 0 Å². The predicted molar refractivity (Wildman–Crippen MR) is 105 cm³/mol. The molecular formula is C16H28IN3O3. The van der Waals surface area contributed by atoms with Crippen LogP contribution in [0.1, 0.15) is 26.3 Å². The molecule has 1 aromatic rings. The number of nitrogens with one attached hydrogen (secondary N) is 1. The predicted octanol–water partition coefficient (Wildman–Crippen LogP) is 2.58. The number of guanidine groups is 1. The molecule has 0 atom stereocenters. The van der Waals surface area contributed by atoms with Crippen molar-refractivity contribution in [3.8, 4) is 17.2 Å². The summed E-state index contributed by atoms with van der Waals surface area (Å²) in [5.74, 6) is 2.33. The fourth-order valence-electron chi connectivity index (χ4n) is 2.08. The second kappa shape index (κ2) is 9.69. The van der Waals surface area contributed by atoms with Gasteiger partial charge in [-0.1, -0.05) is 6.07 Å². The summed E-state index contributed by atoms with van der Waals surface area (Å²) in [5.41, 5.74) is 6.75. The standard InChI is InChI=1S/C16H27N3O3.HI/c1-16(2,3)19-15(17)18-10-9-11-7-8-12(20-4)14(22-6)13(11)21-5;/h7-8H,9-10H2,1-6H3,(H3,17,18,19);1H. The minimum atomic E-state index is -0.103. The number of hydrogen-bond acceptors (Lipinski definition) is 4. The van der Waals surface area contributed by atoms with E-state index in [1.807, 2.05) is 32.9 Å². The summed E-state index contributed by atoms with van der Waals surface area (Å²) < 4.78 is 16.1. The number of nitrogens with two attached hydrogens (primary N) is 1. The van der Waals surface area contributed by atoms with Gasteiger partial charge in [-0.05, 0) is 33.3 Å². The molecule has 0 aliphatic rings. The maximum absolute atomic E-state index is 5.86. The van der Waals surface area contributed by atoms with E-state index >= 15 is 0 Å². The second-order valence-electron chi connectivity index (χ2n) is 5.89. The topological polar surface area (TPSA) is 78.1 Å². The van der Waals surface area contributed by atoms with Crippen molar-refractivity contribution in [2.24, 2.45) is 10.7 Å². The van der Waals surface area contributed by atoms with Crippen molar-refractivity contribution in [2.75, 3.05) is 27.9 Å². The monoisotopic (exact) mass is 437 g/mol. The van der Waals surface area contributed by atoms with Crippen LogP contribution >= 0.6 is 24.0 Å². The summed E-state index contributed by atoms with van der Waals surface area (Å²) in [5, 5.41) is 3.13. The first kappa shape index (κ1) is 21.6. The van der Waals surface area contributed by atoms with Gasteiger partial charge in [-0.3, -0.25) is 4.99 Å². The molecule has 0 fully saturated rings. The average Bonchev–Trinajstić information content (AvgIpc) is 2.44. The van der Waals surface area contributed by atoms with Gasteiger partial charge >= 0.3 is 0 Å². The van der Waals surface area contributed by atoms with E-state index in [2.05, 4.69) is 10.3 Å². The van der Waals surface area contributed by atoms with Gasteiger partial charge in [0.15, 0.2) is 17.5 Å². The average molecular weight is 437 g/mol. The van der Waals surface area contributed by atoms with E-state index in [1.165, 1.54) is 0 Å². The van der Waals surface area contributed by atoms with Crippen LogP contribution in [-0.2, 0) is 6.42 Å². The van der Waals surface area contributed by atoms with Gasteiger partial charge in [-0.2, -0.15) is 0 Å². The number of methoxy groups -OCH3 is 3. The maximum Gasteiger partial charge on any atom is 0.203 e. The molecule has 6 nitrogen and oxygen atoms in total. The van der Waals surface area contributed by atoms with Gasteiger partial charge in [0, 0.05) is 17.6 Å². The zero-order valence-electron chi connectivity index (χ0n) is 14.7. The van der Waals surface area contributed by atoms with E-state index in [1.54, 1.807) is 21.3 Å². The fraction of sp³-hybridized carbons (Fsp3) is 0.562. The normalized spacial score (nSPS) is 11.5. The van der Waals surface area contributed by atoms with E-state index in [9.17, 15) is 0 Å². The van der Waals surface area contributed by atoms with Crippen molar-refractivity contribution >= 4 is 29.9 Å². The number of ether oxygens (including phenoxy) is 3. The fourth-order valence-corrected chi connectivity index (χ4v) is 2.08. The van der Waals surface area contributed by atoms with E-state index < -0.39 is 0 Å². The summed E-state index contributed by atoms with van der Waals surface area (Å²) in [6.07, 6.45) is 0.691. The first-order valence-electron chi connectivity index (χ1n) is 7.18. The number of rotatable bonds is 6. The van der Waals surface area contributed by atoms with Gasteiger partial charge < -0.3 is 25.3 Å². The van der Waals surface area contributed by atoms with Gasteiger partial charge in [0.2, 0.25) is 5.75 Å². The molecule has 0 aromatic heterocycles. The molecule has 0 unspecified atom stereocenters. The van der Waals surface area contributed by atoms with E-state index in [4.69, 9.17) is 19.9 Å². The van der Waals surface area contributed by atoms with Crippen molar-refractivity contribution in [1.29, 1.82) is 0 Å². The molecule has 0 saturated carbocycles. The third kappa shape index (κ3) is 6.72. The molecule has 0 saturated heterocycles. The Morgan fingerprint density at radius 3 is 2.17 bits per heavy atom. The highest BCUT2D eigenvalue weighted by atomic mass is 127. The van der Waals surface area contributed by atoms with Crippen molar-refractivity contribution < 1.29 is 14.2 Å². The van der Waals surface area contributed by atoms with E-state index in [0.29, 0.717) is 36.2 Å². The van der Waals surface area contributed by atoms with Gasteiger partial charge in [-0.25, -0.2) is 0 Å². The minimum Gasteiger partial charge on any atom is -0.493 e. The Morgan fingerprint density at radius 1 is 1.09 bits per heavy atom. The Balaban J connectivity index is 0.00000484. The van der Waals surface area contributed by atoms with Crippen molar-refractivity contribution in [2.45, 2.75) is 32.7 Å². The molecule has 3 N–H and O–H groups in total. The smallest absolute Gasteiger partial charge is 0.203 e. The molecule has 0 aliphatic carbocycles. The Labute approximate surface area is 155 Å². The third-order valence-electron chi connectivity index (χ3n) is 2.95. The highest BCUT2D eigenvalue weighted by molar-refractivity contribution is 14.0. The number of halogens is 1. The molecular weight excluding hydrogens is 409 g/mol. The largest absolute Gasteiger partial charge is 0.493 e. The van der Waals surface area contributed by atoms with E-state index in [0.717, 1.165) is 5.56 Å². The molecule has 132 valence electrons. The summed E-state index contributed by atoms with van der Waals surface area (Å²) in [4.78, 5) is 4.33. The minimum absolute atomic E-state index is 0. The molecule has 23 heavy (non-hydrogen) atoms. The zero-order chi connectivity index (χ0) is 16.8. The summed E-state index contributed by atoms with van der Waals surface area (Å²) in [7, 11) is 4.80. The van der Waals surface area contributed by atoms with Crippen LogP contribution in [-0.4, -0.2) is 39.4 Å². The molecule has 7 heteroatoms. The summed E-state index contributed by atoms with van der Waals surface area (Å²) in [6.45, 7) is 6.66.